The molecule has 0 aromatic heterocycles. The van der Waals surface area contributed by atoms with Crippen molar-refractivity contribution in [3.05, 3.63) is 0 Å². The zero-order valence-electron chi connectivity index (χ0n) is 10.7. The highest BCUT2D eigenvalue weighted by Crippen LogP contribution is 2.27. The van der Waals surface area contributed by atoms with Crippen LogP contribution in [0.4, 0.5) is 0 Å². The van der Waals surface area contributed by atoms with Crippen LogP contribution in [0.1, 0.15) is 48.5 Å². The van der Waals surface area contributed by atoms with Gasteiger partial charge >= 0.3 is 0 Å². The number of aliphatic hydroxyl groups is 1. The number of rotatable bonds is 4. The second kappa shape index (κ2) is 4.63. The van der Waals surface area contributed by atoms with Gasteiger partial charge in [-0.2, -0.15) is 0 Å². The second-order valence-corrected chi connectivity index (χ2v) is 6.08. The topological polar surface area (TPSA) is 29.5 Å². The molecule has 86 valence electrons. The molecule has 0 spiro atoms. The van der Waals surface area contributed by atoms with E-state index in [-0.39, 0.29) is 23.0 Å². The summed E-state index contributed by atoms with van der Waals surface area (Å²) in [5.41, 5.74) is -0.310. The molecule has 0 radical (unpaired) electrons. The lowest BCUT2D eigenvalue weighted by atomic mass is 9.81. The summed E-state index contributed by atoms with van der Waals surface area (Å²) in [5.74, 6) is 0.272. The zero-order valence-corrected chi connectivity index (χ0v) is 10.7. The Morgan fingerprint density at radius 3 is 1.79 bits per heavy atom. The van der Waals surface area contributed by atoms with Crippen LogP contribution in [0.2, 0.25) is 0 Å². The first-order chi connectivity index (χ1) is 6.06. The summed E-state index contributed by atoms with van der Waals surface area (Å²) in [6, 6.07) is 0. The third kappa shape index (κ3) is 4.97. The second-order valence-electron chi connectivity index (χ2n) is 6.08. The zero-order chi connectivity index (χ0) is 11.6. The first-order valence-corrected chi connectivity index (χ1v) is 5.38. The monoisotopic (exact) mass is 202 g/mol. The van der Waals surface area contributed by atoms with Gasteiger partial charge in [0.05, 0.1) is 18.3 Å². The van der Waals surface area contributed by atoms with E-state index in [2.05, 4.69) is 0 Å². The quantitative estimate of drug-likeness (QED) is 0.759. The molecule has 0 heterocycles. The molecule has 0 rings (SSSR count). The van der Waals surface area contributed by atoms with E-state index in [1.807, 2.05) is 48.5 Å². The predicted molar refractivity (Wildman–Crippen MR) is 60.3 cm³/mol. The van der Waals surface area contributed by atoms with Crippen molar-refractivity contribution < 1.29 is 9.84 Å². The van der Waals surface area contributed by atoms with Crippen LogP contribution in [0.5, 0.6) is 0 Å². The van der Waals surface area contributed by atoms with E-state index in [4.69, 9.17) is 4.74 Å². The molecule has 0 saturated heterocycles. The highest BCUT2D eigenvalue weighted by molar-refractivity contribution is 4.80. The van der Waals surface area contributed by atoms with Gasteiger partial charge < -0.3 is 9.84 Å². The average molecular weight is 202 g/mol. The molecule has 1 atom stereocenters. The first-order valence-electron chi connectivity index (χ1n) is 5.38. The molecule has 0 amide bonds. The molecule has 0 bridgehead atoms. The Kier molecular flexibility index (Phi) is 4.60. The molecule has 0 aromatic carbocycles. The fraction of sp³-hybridized carbons (Fsp3) is 1.00. The summed E-state index contributed by atoms with van der Waals surface area (Å²) in [7, 11) is 0. The molecular weight excluding hydrogens is 176 g/mol. The van der Waals surface area contributed by atoms with Gasteiger partial charge in [0.15, 0.2) is 0 Å². The molecule has 0 aliphatic rings. The van der Waals surface area contributed by atoms with Gasteiger partial charge in [0.25, 0.3) is 0 Å². The lowest BCUT2D eigenvalue weighted by Gasteiger charge is -2.35. The van der Waals surface area contributed by atoms with Crippen LogP contribution in [0.15, 0.2) is 0 Å². The van der Waals surface area contributed by atoms with Crippen LogP contribution in [-0.2, 0) is 4.74 Å². The number of aliphatic hydroxyl groups excluding tert-OH is 1. The van der Waals surface area contributed by atoms with Gasteiger partial charge in [0, 0.05) is 5.41 Å². The Morgan fingerprint density at radius 2 is 1.50 bits per heavy atom. The number of hydrogen-bond acceptors (Lipinski definition) is 2. The van der Waals surface area contributed by atoms with Gasteiger partial charge in [-0.15, -0.1) is 0 Å². The van der Waals surface area contributed by atoms with Crippen molar-refractivity contribution in [1.82, 2.24) is 0 Å². The molecule has 0 saturated carbocycles. The van der Waals surface area contributed by atoms with Crippen LogP contribution in [-0.4, -0.2) is 23.4 Å². The standard InChI is InChI=1S/C12H26O2/c1-9(2)10(13)12(6,7)8-14-11(3,4)5/h9-10,13H,8H2,1-7H3. The molecule has 14 heavy (non-hydrogen) atoms. The number of hydrogen-bond donors (Lipinski definition) is 1. The summed E-state index contributed by atoms with van der Waals surface area (Å²) in [4.78, 5) is 0. The summed E-state index contributed by atoms with van der Waals surface area (Å²) in [6.45, 7) is 14.8. The van der Waals surface area contributed by atoms with E-state index < -0.39 is 0 Å². The van der Waals surface area contributed by atoms with Gasteiger partial charge in [-0.1, -0.05) is 27.7 Å². The van der Waals surface area contributed by atoms with Crippen molar-refractivity contribution in [3.8, 4) is 0 Å². The summed E-state index contributed by atoms with van der Waals surface area (Å²) < 4.78 is 5.71. The Labute approximate surface area is 88.7 Å². The van der Waals surface area contributed by atoms with E-state index in [1.54, 1.807) is 0 Å². The minimum Gasteiger partial charge on any atom is -0.392 e. The lowest BCUT2D eigenvalue weighted by Crippen LogP contribution is -2.39. The molecule has 1 N–H and O–H groups in total. The van der Waals surface area contributed by atoms with E-state index in [1.165, 1.54) is 0 Å². The van der Waals surface area contributed by atoms with Crippen molar-refractivity contribution in [2.45, 2.75) is 60.2 Å². The van der Waals surface area contributed by atoms with Crippen LogP contribution in [0.25, 0.3) is 0 Å². The van der Waals surface area contributed by atoms with Crippen LogP contribution in [0, 0.1) is 11.3 Å². The molecule has 0 aromatic rings. The normalized spacial score (nSPS) is 16.1. The Hall–Kier alpha value is -0.0800. The van der Waals surface area contributed by atoms with E-state index >= 15 is 0 Å². The third-order valence-electron chi connectivity index (χ3n) is 2.31. The smallest absolute Gasteiger partial charge is 0.0636 e. The van der Waals surface area contributed by atoms with Crippen molar-refractivity contribution >= 4 is 0 Å². The van der Waals surface area contributed by atoms with Gasteiger partial charge in [-0.25, -0.2) is 0 Å². The number of ether oxygens (including phenoxy) is 1. The summed E-state index contributed by atoms with van der Waals surface area (Å²) in [6.07, 6.45) is -0.315. The summed E-state index contributed by atoms with van der Waals surface area (Å²) in [5, 5.41) is 9.97. The maximum absolute atomic E-state index is 9.97. The SMILES string of the molecule is CC(C)C(O)C(C)(C)COC(C)(C)C. The van der Waals surface area contributed by atoms with Gasteiger partial charge in [0.2, 0.25) is 0 Å². The van der Waals surface area contributed by atoms with Crippen LogP contribution in [0.3, 0.4) is 0 Å². The molecule has 0 aliphatic carbocycles. The molecular formula is C12H26O2. The van der Waals surface area contributed by atoms with Gasteiger partial charge in [-0.3, -0.25) is 0 Å². The van der Waals surface area contributed by atoms with Crippen LogP contribution >= 0.6 is 0 Å². The fourth-order valence-corrected chi connectivity index (χ4v) is 1.39. The van der Waals surface area contributed by atoms with Gasteiger partial charge in [0.1, 0.15) is 0 Å². The highest BCUT2D eigenvalue weighted by Gasteiger charge is 2.31. The van der Waals surface area contributed by atoms with Crippen molar-refractivity contribution in [2.75, 3.05) is 6.61 Å². The predicted octanol–water partition coefficient (Wildman–Crippen LogP) is 2.84. The first kappa shape index (κ1) is 13.9. The Morgan fingerprint density at radius 1 is 1.07 bits per heavy atom. The molecule has 1 unspecified atom stereocenters. The van der Waals surface area contributed by atoms with Crippen molar-refractivity contribution in [3.63, 3.8) is 0 Å². The average Bonchev–Trinajstić information content (AvgIpc) is 1.98. The van der Waals surface area contributed by atoms with Crippen LogP contribution < -0.4 is 0 Å². The highest BCUT2D eigenvalue weighted by atomic mass is 16.5. The van der Waals surface area contributed by atoms with Gasteiger partial charge in [-0.05, 0) is 26.7 Å². The summed E-state index contributed by atoms with van der Waals surface area (Å²) >= 11 is 0. The Bertz CT molecular complexity index is 166. The fourth-order valence-electron chi connectivity index (χ4n) is 1.39. The van der Waals surface area contributed by atoms with E-state index in [0.717, 1.165) is 0 Å². The minimum atomic E-state index is -0.315. The third-order valence-corrected chi connectivity index (χ3v) is 2.31. The van der Waals surface area contributed by atoms with Crippen molar-refractivity contribution in [2.24, 2.45) is 11.3 Å². The Balaban J connectivity index is 4.20. The van der Waals surface area contributed by atoms with Crippen molar-refractivity contribution in [1.29, 1.82) is 0 Å². The molecule has 0 fully saturated rings. The van der Waals surface area contributed by atoms with E-state index in [0.29, 0.717) is 6.61 Å². The molecule has 2 heteroatoms. The molecule has 0 aliphatic heterocycles. The largest absolute Gasteiger partial charge is 0.392 e. The molecule has 2 nitrogen and oxygen atoms in total. The maximum Gasteiger partial charge on any atom is 0.0636 e. The lowest BCUT2D eigenvalue weighted by molar-refractivity contribution is -0.0916. The minimum absolute atomic E-state index is 0.131. The van der Waals surface area contributed by atoms with E-state index in [9.17, 15) is 5.11 Å². The maximum atomic E-state index is 9.97.